The third-order valence-electron chi connectivity index (χ3n) is 5.63. The number of ether oxygens (including phenoxy) is 1. The van der Waals surface area contributed by atoms with E-state index in [1.165, 1.54) is 6.42 Å². The van der Waals surface area contributed by atoms with Crippen LogP contribution in [0.15, 0.2) is 42.5 Å². The van der Waals surface area contributed by atoms with Gasteiger partial charge >= 0.3 is 0 Å². The van der Waals surface area contributed by atoms with E-state index in [4.69, 9.17) is 4.74 Å². The minimum atomic E-state index is -0.638. The maximum Gasteiger partial charge on any atom is 0.265 e. The highest BCUT2D eigenvalue weighted by Gasteiger charge is 2.23. The topological polar surface area (TPSA) is 67.4 Å². The predicted octanol–water partition coefficient (Wildman–Crippen LogP) is 5.16. The van der Waals surface area contributed by atoms with Gasteiger partial charge in [-0.2, -0.15) is 0 Å². The number of aryl methyl sites for hydroxylation is 2. The van der Waals surface area contributed by atoms with Crippen molar-refractivity contribution in [3.8, 4) is 5.75 Å². The SMILES string of the molecule is CCC(Oc1ccc(C)cc1C)C(=O)Nc1ccccc1C(=O)NC1CCCCC1. The Balaban J connectivity index is 1.69. The molecule has 0 saturated heterocycles. The van der Waals surface area contributed by atoms with Crippen LogP contribution in [-0.2, 0) is 4.79 Å². The highest BCUT2D eigenvalue weighted by atomic mass is 16.5. The molecule has 1 saturated carbocycles. The lowest BCUT2D eigenvalue weighted by Gasteiger charge is -2.23. The van der Waals surface area contributed by atoms with Crippen molar-refractivity contribution in [3.63, 3.8) is 0 Å². The highest BCUT2D eigenvalue weighted by Crippen LogP contribution is 2.23. The monoisotopic (exact) mass is 408 g/mol. The lowest BCUT2D eigenvalue weighted by atomic mass is 9.95. The summed E-state index contributed by atoms with van der Waals surface area (Å²) in [6.45, 7) is 5.91. The zero-order valence-corrected chi connectivity index (χ0v) is 18.2. The van der Waals surface area contributed by atoms with E-state index in [9.17, 15) is 9.59 Å². The highest BCUT2D eigenvalue weighted by molar-refractivity contribution is 6.04. The van der Waals surface area contributed by atoms with Crippen molar-refractivity contribution in [2.45, 2.75) is 71.4 Å². The van der Waals surface area contributed by atoms with E-state index in [0.29, 0.717) is 23.4 Å². The first kappa shape index (κ1) is 21.9. The van der Waals surface area contributed by atoms with Gasteiger partial charge in [0.25, 0.3) is 11.8 Å². The van der Waals surface area contributed by atoms with Gasteiger partial charge in [-0.05, 0) is 56.9 Å². The second kappa shape index (κ2) is 10.3. The van der Waals surface area contributed by atoms with Crippen LogP contribution in [0, 0.1) is 13.8 Å². The number of carbonyl (C=O) groups excluding carboxylic acids is 2. The molecular weight excluding hydrogens is 376 g/mol. The van der Waals surface area contributed by atoms with Crippen molar-refractivity contribution >= 4 is 17.5 Å². The van der Waals surface area contributed by atoms with Gasteiger partial charge in [0.1, 0.15) is 5.75 Å². The molecule has 3 rings (SSSR count). The van der Waals surface area contributed by atoms with E-state index < -0.39 is 6.10 Å². The van der Waals surface area contributed by atoms with Crippen molar-refractivity contribution in [1.82, 2.24) is 5.32 Å². The van der Waals surface area contributed by atoms with Crippen LogP contribution in [-0.4, -0.2) is 24.0 Å². The van der Waals surface area contributed by atoms with Crippen LogP contribution in [0.25, 0.3) is 0 Å². The van der Waals surface area contributed by atoms with E-state index in [0.717, 1.165) is 36.8 Å². The van der Waals surface area contributed by atoms with E-state index >= 15 is 0 Å². The molecule has 1 aliphatic rings. The molecule has 0 radical (unpaired) electrons. The zero-order chi connectivity index (χ0) is 21.5. The van der Waals surface area contributed by atoms with Crippen LogP contribution < -0.4 is 15.4 Å². The molecule has 30 heavy (non-hydrogen) atoms. The number of nitrogens with one attached hydrogen (secondary N) is 2. The lowest BCUT2D eigenvalue weighted by molar-refractivity contribution is -0.122. The summed E-state index contributed by atoms with van der Waals surface area (Å²) in [5.74, 6) is 0.308. The summed E-state index contributed by atoms with van der Waals surface area (Å²) >= 11 is 0. The van der Waals surface area contributed by atoms with E-state index in [1.54, 1.807) is 12.1 Å². The molecule has 0 bridgehead atoms. The maximum atomic E-state index is 12.9. The van der Waals surface area contributed by atoms with Crippen LogP contribution in [0.5, 0.6) is 5.75 Å². The molecule has 2 aromatic carbocycles. The molecule has 0 aromatic heterocycles. The molecule has 5 nitrogen and oxygen atoms in total. The Morgan fingerprint density at radius 1 is 1.07 bits per heavy atom. The zero-order valence-electron chi connectivity index (χ0n) is 18.2. The molecule has 1 atom stereocenters. The molecule has 1 aliphatic carbocycles. The Kier molecular flexibility index (Phi) is 7.50. The number of benzene rings is 2. The van der Waals surface area contributed by atoms with Crippen LogP contribution in [0.2, 0.25) is 0 Å². The summed E-state index contributed by atoms with van der Waals surface area (Å²) in [5, 5.41) is 6.03. The standard InChI is InChI=1S/C25H32N2O3/c1-4-22(30-23-15-14-17(2)16-18(23)3)25(29)27-21-13-9-8-12-20(21)24(28)26-19-10-6-5-7-11-19/h8-9,12-16,19,22H,4-7,10-11H2,1-3H3,(H,26,28)(H,27,29). The summed E-state index contributed by atoms with van der Waals surface area (Å²) in [4.78, 5) is 25.8. The van der Waals surface area contributed by atoms with Gasteiger partial charge < -0.3 is 15.4 Å². The van der Waals surface area contributed by atoms with E-state index in [-0.39, 0.29) is 17.9 Å². The summed E-state index contributed by atoms with van der Waals surface area (Å²) in [6.07, 6.45) is 5.45. The third kappa shape index (κ3) is 5.62. The first-order valence-corrected chi connectivity index (χ1v) is 10.9. The number of carbonyl (C=O) groups is 2. The quantitative estimate of drug-likeness (QED) is 0.665. The average Bonchev–Trinajstić information content (AvgIpc) is 2.74. The Morgan fingerprint density at radius 2 is 1.80 bits per heavy atom. The molecular formula is C25H32N2O3. The Labute approximate surface area is 179 Å². The van der Waals surface area contributed by atoms with Gasteiger partial charge in [0.15, 0.2) is 6.10 Å². The van der Waals surface area contributed by atoms with Crippen LogP contribution in [0.4, 0.5) is 5.69 Å². The minimum absolute atomic E-state index is 0.138. The Bertz CT molecular complexity index is 888. The van der Waals surface area contributed by atoms with Crippen molar-refractivity contribution in [2.24, 2.45) is 0 Å². The second-order valence-electron chi connectivity index (χ2n) is 8.13. The summed E-state index contributed by atoms with van der Waals surface area (Å²) in [7, 11) is 0. The van der Waals surface area contributed by atoms with E-state index in [1.807, 2.05) is 51.1 Å². The molecule has 0 aliphatic heterocycles. The number of para-hydroxylation sites is 1. The van der Waals surface area contributed by atoms with Gasteiger partial charge in [-0.15, -0.1) is 0 Å². The van der Waals surface area contributed by atoms with Crippen molar-refractivity contribution in [1.29, 1.82) is 0 Å². The molecule has 1 unspecified atom stereocenters. The van der Waals surface area contributed by atoms with Gasteiger partial charge in [0.05, 0.1) is 11.3 Å². The van der Waals surface area contributed by atoms with Crippen molar-refractivity contribution in [2.75, 3.05) is 5.32 Å². The van der Waals surface area contributed by atoms with Gasteiger partial charge in [-0.1, -0.05) is 56.0 Å². The molecule has 2 N–H and O–H groups in total. The number of hydrogen-bond donors (Lipinski definition) is 2. The van der Waals surface area contributed by atoms with Crippen LogP contribution >= 0.6 is 0 Å². The second-order valence-corrected chi connectivity index (χ2v) is 8.13. The first-order chi connectivity index (χ1) is 14.5. The smallest absolute Gasteiger partial charge is 0.265 e. The Morgan fingerprint density at radius 3 is 2.50 bits per heavy atom. The Hall–Kier alpha value is -2.82. The fourth-order valence-corrected chi connectivity index (χ4v) is 3.92. The molecule has 2 aromatic rings. The molecule has 160 valence electrons. The molecule has 1 fully saturated rings. The summed E-state index contributed by atoms with van der Waals surface area (Å²) in [5.41, 5.74) is 3.14. The van der Waals surface area contributed by atoms with Gasteiger partial charge in [-0.25, -0.2) is 0 Å². The van der Waals surface area contributed by atoms with Gasteiger partial charge in [0, 0.05) is 6.04 Å². The van der Waals surface area contributed by atoms with E-state index in [2.05, 4.69) is 10.6 Å². The fourth-order valence-electron chi connectivity index (χ4n) is 3.92. The number of rotatable bonds is 7. The van der Waals surface area contributed by atoms with Crippen LogP contribution in [0.3, 0.4) is 0 Å². The van der Waals surface area contributed by atoms with Gasteiger partial charge in [0.2, 0.25) is 0 Å². The molecule has 0 spiro atoms. The minimum Gasteiger partial charge on any atom is -0.480 e. The van der Waals surface area contributed by atoms with Crippen LogP contribution in [0.1, 0.15) is 66.9 Å². The van der Waals surface area contributed by atoms with Crippen molar-refractivity contribution < 1.29 is 14.3 Å². The summed E-state index contributed by atoms with van der Waals surface area (Å²) < 4.78 is 5.99. The summed E-state index contributed by atoms with van der Waals surface area (Å²) in [6, 6.07) is 13.3. The molecule has 0 heterocycles. The van der Waals surface area contributed by atoms with Crippen molar-refractivity contribution in [3.05, 3.63) is 59.2 Å². The largest absolute Gasteiger partial charge is 0.480 e. The fraction of sp³-hybridized carbons (Fsp3) is 0.440. The number of hydrogen-bond acceptors (Lipinski definition) is 3. The average molecular weight is 409 g/mol. The maximum absolute atomic E-state index is 12.9. The lowest BCUT2D eigenvalue weighted by Crippen LogP contribution is -2.37. The predicted molar refractivity (Wildman–Crippen MR) is 120 cm³/mol. The molecule has 2 amide bonds. The normalized spacial score (nSPS) is 15.3. The molecule has 5 heteroatoms. The number of amides is 2. The van der Waals surface area contributed by atoms with Gasteiger partial charge in [-0.3, -0.25) is 9.59 Å². The first-order valence-electron chi connectivity index (χ1n) is 10.9. The third-order valence-corrected chi connectivity index (χ3v) is 5.63. The number of anilines is 1.